The molecule has 0 spiro atoms. The topological polar surface area (TPSA) is 26.7 Å². The van der Waals surface area contributed by atoms with Crippen molar-refractivity contribution in [2.45, 2.75) is 38.3 Å². The van der Waals surface area contributed by atoms with Gasteiger partial charge < -0.3 is 10.0 Å². The van der Waals surface area contributed by atoms with E-state index in [0.29, 0.717) is 0 Å². The molecular weight excluding hydrogens is 200 g/mol. The van der Waals surface area contributed by atoms with Crippen molar-refractivity contribution in [3.8, 4) is 0 Å². The third-order valence-electron chi connectivity index (χ3n) is 3.43. The lowest BCUT2D eigenvalue weighted by Gasteiger charge is -2.31. The minimum Gasteiger partial charge on any atom is -0.391 e. The van der Waals surface area contributed by atoms with Crippen molar-refractivity contribution in [3.05, 3.63) is 12.2 Å². The van der Waals surface area contributed by atoms with Crippen LogP contribution in [-0.2, 0) is 0 Å². The number of hydrogen-bond acceptors (Lipinski definition) is 3. The molecule has 0 aliphatic carbocycles. The summed E-state index contributed by atoms with van der Waals surface area (Å²) >= 11 is 0. The Hall–Kier alpha value is -0.380. The Balaban J connectivity index is 2.49. The first-order chi connectivity index (χ1) is 7.50. The fourth-order valence-corrected chi connectivity index (χ4v) is 2.31. The van der Waals surface area contributed by atoms with E-state index in [2.05, 4.69) is 30.5 Å². The normalized spacial score (nSPS) is 26.4. The van der Waals surface area contributed by atoms with E-state index in [9.17, 15) is 5.11 Å². The standard InChI is InChI=1S/C13H26N2O/c1-11(2)6-7-13(16)12-10-14(3)8-5-9-15(12)4/h12-13,16H,1,5-10H2,2-4H3. The molecular formula is C13H26N2O. The van der Waals surface area contributed by atoms with E-state index < -0.39 is 0 Å². The van der Waals surface area contributed by atoms with E-state index in [1.165, 1.54) is 6.42 Å². The molecule has 1 saturated heterocycles. The molecule has 1 aliphatic rings. The zero-order valence-electron chi connectivity index (χ0n) is 10.9. The highest BCUT2D eigenvalue weighted by atomic mass is 16.3. The molecule has 1 N–H and O–H groups in total. The van der Waals surface area contributed by atoms with Gasteiger partial charge in [0.25, 0.3) is 0 Å². The highest BCUT2D eigenvalue weighted by Gasteiger charge is 2.26. The number of aliphatic hydroxyl groups excluding tert-OH is 1. The zero-order chi connectivity index (χ0) is 12.1. The van der Waals surface area contributed by atoms with Crippen molar-refractivity contribution >= 4 is 0 Å². The van der Waals surface area contributed by atoms with Crippen molar-refractivity contribution in [2.24, 2.45) is 0 Å². The minimum atomic E-state index is -0.234. The molecule has 1 rings (SSSR count). The van der Waals surface area contributed by atoms with Crippen LogP contribution in [0.15, 0.2) is 12.2 Å². The molecule has 3 nitrogen and oxygen atoms in total. The van der Waals surface area contributed by atoms with Crippen LogP contribution in [0.3, 0.4) is 0 Å². The first-order valence-electron chi connectivity index (χ1n) is 6.22. The predicted molar refractivity (Wildman–Crippen MR) is 68.6 cm³/mol. The monoisotopic (exact) mass is 226 g/mol. The van der Waals surface area contributed by atoms with Crippen LogP contribution in [0.1, 0.15) is 26.2 Å². The van der Waals surface area contributed by atoms with Crippen molar-refractivity contribution in [3.63, 3.8) is 0 Å². The lowest BCUT2D eigenvalue weighted by Crippen LogP contribution is -2.46. The Morgan fingerprint density at radius 3 is 2.75 bits per heavy atom. The van der Waals surface area contributed by atoms with Crippen LogP contribution >= 0.6 is 0 Å². The van der Waals surface area contributed by atoms with Gasteiger partial charge in [-0.1, -0.05) is 5.57 Å². The molecule has 16 heavy (non-hydrogen) atoms. The Bertz CT molecular complexity index is 230. The fourth-order valence-electron chi connectivity index (χ4n) is 2.31. The zero-order valence-corrected chi connectivity index (χ0v) is 10.9. The van der Waals surface area contributed by atoms with Gasteiger partial charge in [-0.25, -0.2) is 0 Å². The summed E-state index contributed by atoms with van der Waals surface area (Å²) in [5, 5.41) is 10.2. The van der Waals surface area contributed by atoms with E-state index in [1.54, 1.807) is 0 Å². The molecule has 1 aliphatic heterocycles. The van der Waals surface area contributed by atoms with E-state index in [1.807, 2.05) is 6.92 Å². The first kappa shape index (κ1) is 13.7. The summed E-state index contributed by atoms with van der Waals surface area (Å²) in [4.78, 5) is 4.62. The third-order valence-corrected chi connectivity index (χ3v) is 3.43. The third kappa shape index (κ3) is 4.24. The van der Waals surface area contributed by atoms with Gasteiger partial charge in [-0.05, 0) is 53.4 Å². The van der Waals surface area contributed by atoms with Crippen LogP contribution in [0.4, 0.5) is 0 Å². The van der Waals surface area contributed by atoms with Gasteiger partial charge in [-0.15, -0.1) is 6.58 Å². The molecule has 94 valence electrons. The van der Waals surface area contributed by atoms with Crippen LogP contribution in [0.2, 0.25) is 0 Å². The van der Waals surface area contributed by atoms with Gasteiger partial charge in [0, 0.05) is 12.6 Å². The maximum absolute atomic E-state index is 10.2. The maximum atomic E-state index is 10.2. The summed E-state index contributed by atoms with van der Waals surface area (Å²) in [7, 11) is 4.26. The molecule has 0 aromatic rings. The highest BCUT2D eigenvalue weighted by molar-refractivity contribution is 4.91. The average Bonchev–Trinajstić information content (AvgIpc) is 2.37. The van der Waals surface area contributed by atoms with E-state index in [0.717, 1.165) is 38.0 Å². The minimum absolute atomic E-state index is 0.234. The molecule has 1 heterocycles. The average molecular weight is 226 g/mol. The van der Waals surface area contributed by atoms with Gasteiger partial charge in [0.2, 0.25) is 0 Å². The Labute approximate surface area is 99.7 Å². The first-order valence-corrected chi connectivity index (χ1v) is 6.22. The summed E-state index contributed by atoms with van der Waals surface area (Å²) in [5.74, 6) is 0. The number of likely N-dealkylation sites (N-methyl/N-ethyl adjacent to an activating group) is 2. The van der Waals surface area contributed by atoms with Crippen molar-refractivity contribution in [1.82, 2.24) is 9.80 Å². The maximum Gasteiger partial charge on any atom is 0.0710 e. The van der Waals surface area contributed by atoms with Crippen LogP contribution in [0.25, 0.3) is 0 Å². The van der Waals surface area contributed by atoms with Gasteiger partial charge in [0.15, 0.2) is 0 Å². The largest absolute Gasteiger partial charge is 0.391 e. The number of aliphatic hydroxyl groups is 1. The molecule has 3 heteroatoms. The Kier molecular flexibility index (Phi) is 5.46. The Morgan fingerprint density at radius 2 is 2.12 bits per heavy atom. The number of hydrogen-bond donors (Lipinski definition) is 1. The molecule has 2 atom stereocenters. The Morgan fingerprint density at radius 1 is 1.44 bits per heavy atom. The summed E-state index contributed by atoms with van der Waals surface area (Å²) in [6.45, 7) is 9.09. The van der Waals surface area contributed by atoms with Crippen LogP contribution < -0.4 is 0 Å². The molecule has 0 saturated carbocycles. The van der Waals surface area contributed by atoms with E-state index in [4.69, 9.17) is 0 Å². The number of allylic oxidation sites excluding steroid dienone is 1. The molecule has 0 bridgehead atoms. The second-order valence-electron chi connectivity index (χ2n) is 5.23. The second-order valence-corrected chi connectivity index (χ2v) is 5.23. The quantitative estimate of drug-likeness (QED) is 0.733. The summed E-state index contributed by atoms with van der Waals surface area (Å²) in [6, 6.07) is 0.270. The van der Waals surface area contributed by atoms with Gasteiger partial charge >= 0.3 is 0 Å². The fraction of sp³-hybridized carbons (Fsp3) is 0.846. The molecule has 0 aromatic heterocycles. The summed E-state index contributed by atoms with van der Waals surface area (Å²) in [5.41, 5.74) is 1.16. The smallest absolute Gasteiger partial charge is 0.0710 e. The van der Waals surface area contributed by atoms with Gasteiger partial charge in [0.1, 0.15) is 0 Å². The second kappa shape index (κ2) is 6.38. The summed E-state index contributed by atoms with van der Waals surface area (Å²) in [6.07, 6.45) is 2.71. The lowest BCUT2D eigenvalue weighted by molar-refractivity contribution is 0.0522. The van der Waals surface area contributed by atoms with Gasteiger partial charge in [-0.3, -0.25) is 4.90 Å². The molecule has 1 fully saturated rings. The molecule has 2 unspecified atom stereocenters. The molecule has 0 aromatic carbocycles. The van der Waals surface area contributed by atoms with Crippen LogP contribution in [0.5, 0.6) is 0 Å². The summed E-state index contributed by atoms with van der Waals surface area (Å²) < 4.78 is 0. The van der Waals surface area contributed by atoms with Crippen molar-refractivity contribution in [2.75, 3.05) is 33.7 Å². The number of rotatable bonds is 4. The highest BCUT2D eigenvalue weighted by Crippen LogP contribution is 2.15. The molecule has 0 amide bonds. The predicted octanol–water partition coefficient (Wildman–Crippen LogP) is 1.34. The van der Waals surface area contributed by atoms with Crippen LogP contribution in [-0.4, -0.2) is 60.8 Å². The van der Waals surface area contributed by atoms with Crippen LogP contribution in [0, 0.1) is 0 Å². The van der Waals surface area contributed by atoms with Crippen molar-refractivity contribution in [1.29, 1.82) is 0 Å². The van der Waals surface area contributed by atoms with Gasteiger partial charge in [0.05, 0.1) is 6.10 Å². The SMILES string of the molecule is C=C(C)CCC(O)C1CN(C)CCCN1C. The number of nitrogens with zero attached hydrogens (tertiary/aromatic N) is 2. The lowest BCUT2D eigenvalue weighted by atomic mass is 10.0. The van der Waals surface area contributed by atoms with Crippen molar-refractivity contribution < 1.29 is 5.11 Å². The van der Waals surface area contributed by atoms with E-state index >= 15 is 0 Å². The van der Waals surface area contributed by atoms with E-state index in [-0.39, 0.29) is 12.1 Å². The molecule has 0 radical (unpaired) electrons. The van der Waals surface area contributed by atoms with Gasteiger partial charge in [-0.2, -0.15) is 0 Å².